The summed E-state index contributed by atoms with van der Waals surface area (Å²) >= 11 is 13.6. The summed E-state index contributed by atoms with van der Waals surface area (Å²) < 4.78 is 33.0. The monoisotopic (exact) mass is 1210 g/mol. The molecule has 86 heavy (non-hydrogen) atoms. The number of carbonyl (C=O) groups excluding carboxylic acids is 2. The predicted octanol–water partition coefficient (Wildman–Crippen LogP) is 11.8. The Morgan fingerprint density at radius 3 is 1.23 bits per heavy atom. The van der Waals surface area contributed by atoms with Crippen molar-refractivity contribution in [3.05, 3.63) is 164 Å². The molecule has 0 radical (unpaired) electrons. The fraction of sp³-hybridized carbons (Fsp3) is 0.375. The fourth-order valence-corrected chi connectivity index (χ4v) is 11.9. The summed E-state index contributed by atoms with van der Waals surface area (Å²) in [5, 5.41) is 18.8. The smallest absolute Gasteiger partial charge is 0.349 e. The molecule has 22 heteroatoms. The molecule has 8 heterocycles. The Balaban J connectivity index is 0.000000205. The summed E-state index contributed by atoms with van der Waals surface area (Å²) in [6.45, 7) is 32.7. The number of pyridine rings is 2. The second-order valence-corrected chi connectivity index (χ2v) is 24.0. The van der Waals surface area contributed by atoms with Crippen molar-refractivity contribution in [1.29, 1.82) is 0 Å². The molecule has 0 saturated carbocycles. The first-order valence-corrected chi connectivity index (χ1v) is 29.5. The standard InChI is InChI=1S/2C32H35ClFN7O2/c2*1-8-26(42)39-15-20(7)40(16-19(39)6)30-22-13-24(33)28(21-11-9-10-12-25(21)34)36-31(22)41(32(43)37-30)29-23(17(2)3)14-35-38-27(29)18(4)5/h2*8-14,17-20H,1,15-16H2,2-7H3/t2*19-,20+/m11/s1. The minimum absolute atomic E-state index is 0.000638. The Morgan fingerprint density at radius 1 is 0.547 bits per heavy atom. The summed E-state index contributed by atoms with van der Waals surface area (Å²) in [6.07, 6.45) is 5.93. The molecule has 18 nitrogen and oxygen atoms in total. The molecular formula is C64H70Cl2F2N14O4. The van der Waals surface area contributed by atoms with Crippen LogP contribution in [0.25, 0.3) is 56.0 Å². The van der Waals surface area contributed by atoms with Crippen molar-refractivity contribution in [2.75, 3.05) is 36.0 Å². The lowest BCUT2D eigenvalue weighted by Gasteiger charge is -2.44. The van der Waals surface area contributed by atoms with Crippen LogP contribution in [0.3, 0.4) is 0 Å². The van der Waals surface area contributed by atoms with Gasteiger partial charge >= 0.3 is 11.4 Å². The van der Waals surface area contributed by atoms with Crippen molar-refractivity contribution in [3.63, 3.8) is 0 Å². The van der Waals surface area contributed by atoms with Crippen molar-refractivity contribution in [1.82, 2.24) is 59.3 Å². The Labute approximate surface area is 508 Å². The molecule has 4 atom stereocenters. The molecule has 8 aromatic rings. The number of rotatable bonds is 12. The maximum atomic E-state index is 15.0. The Morgan fingerprint density at radius 2 is 0.907 bits per heavy atom. The highest BCUT2D eigenvalue weighted by Gasteiger charge is 2.37. The molecule has 0 N–H and O–H groups in total. The number of aromatic nitrogens is 10. The van der Waals surface area contributed by atoms with Crippen molar-refractivity contribution < 1.29 is 18.4 Å². The lowest BCUT2D eigenvalue weighted by atomic mass is 9.98. The van der Waals surface area contributed by atoms with Gasteiger partial charge in [-0.25, -0.2) is 37.5 Å². The molecule has 2 saturated heterocycles. The number of nitrogens with zero attached hydrogens (tertiary/aromatic N) is 14. The third kappa shape index (κ3) is 11.7. The van der Waals surface area contributed by atoms with E-state index in [0.29, 0.717) is 71.3 Å². The second kappa shape index (κ2) is 25.3. The fourth-order valence-electron chi connectivity index (χ4n) is 11.4. The van der Waals surface area contributed by atoms with E-state index in [0.717, 1.165) is 11.1 Å². The van der Waals surface area contributed by atoms with Crippen LogP contribution in [0, 0.1) is 11.6 Å². The highest BCUT2D eigenvalue weighted by atomic mass is 35.5. The van der Waals surface area contributed by atoms with Gasteiger partial charge in [0.15, 0.2) is 11.3 Å². The minimum atomic E-state index is -0.557. The number of fused-ring (bicyclic) bond motifs is 2. The van der Waals surface area contributed by atoms with Crippen molar-refractivity contribution in [2.45, 2.75) is 131 Å². The summed E-state index contributed by atoms with van der Waals surface area (Å²) in [5.41, 5.74) is 4.25. The van der Waals surface area contributed by atoms with Crippen molar-refractivity contribution >= 4 is 68.7 Å². The highest BCUT2D eigenvalue weighted by molar-refractivity contribution is 6.34. The summed E-state index contributed by atoms with van der Waals surface area (Å²) in [6, 6.07) is 15.2. The average Bonchev–Trinajstić information content (AvgIpc) is 0.772. The van der Waals surface area contributed by atoms with Gasteiger partial charge in [0.05, 0.1) is 67.4 Å². The predicted molar refractivity (Wildman–Crippen MR) is 335 cm³/mol. The number of anilines is 2. The zero-order valence-electron chi connectivity index (χ0n) is 50.4. The highest BCUT2D eigenvalue weighted by Crippen LogP contribution is 2.40. The molecule has 2 aliphatic rings. The Hall–Kier alpha value is -8.36. The Bertz CT molecular complexity index is 3780. The first kappa shape index (κ1) is 62.2. The van der Waals surface area contributed by atoms with E-state index >= 15 is 8.78 Å². The molecule has 2 fully saturated rings. The van der Waals surface area contributed by atoms with Crippen LogP contribution >= 0.6 is 23.2 Å². The first-order chi connectivity index (χ1) is 40.9. The summed E-state index contributed by atoms with van der Waals surface area (Å²) in [7, 11) is 0. The van der Waals surface area contributed by atoms with E-state index in [4.69, 9.17) is 33.2 Å². The van der Waals surface area contributed by atoms with Crippen LogP contribution in [0.5, 0.6) is 0 Å². The number of hydrogen-bond donors (Lipinski definition) is 0. The maximum Gasteiger partial charge on any atom is 0.355 e. The van der Waals surface area contributed by atoms with Gasteiger partial charge in [0.25, 0.3) is 0 Å². The van der Waals surface area contributed by atoms with Crippen molar-refractivity contribution in [3.8, 4) is 33.9 Å². The molecule has 6 aromatic heterocycles. The lowest BCUT2D eigenvalue weighted by Crippen LogP contribution is -2.58. The van der Waals surface area contributed by atoms with Gasteiger partial charge in [0.2, 0.25) is 11.8 Å². The SMILES string of the molecule is C=CC(=O)N1C[C@H](C)N(c2nc(=O)n(-c3c(C(C)C)cnnc3C(C)C)c3nc(-c4ccccc4F)c(Cl)cc23)C[C@H]1C.C=CC(=O)N1C[C@H](C)N(c2nc(=O)n(-c3c(C(C)C)cnnc3C(C)C)c3nc(-c4ccccc4F)c(Cl)cc23)C[C@H]1C. The molecular weight excluding hydrogens is 1140 g/mol. The summed E-state index contributed by atoms with van der Waals surface area (Å²) in [4.78, 5) is 80.0. The van der Waals surface area contributed by atoms with Gasteiger partial charge in [-0.1, -0.05) is 116 Å². The van der Waals surface area contributed by atoms with Gasteiger partial charge in [-0.2, -0.15) is 30.4 Å². The van der Waals surface area contributed by atoms with Crippen LogP contribution in [0.15, 0.2) is 108 Å². The van der Waals surface area contributed by atoms with Gasteiger partial charge in [0.1, 0.15) is 23.3 Å². The average molecular weight is 1210 g/mol. The number of carbonyl (C=O) groups is 2. The molecule has 2 aliphatic heterocycles. The normalized spacial score (nSPS) is 17.3. The van der Waals surface area contributed by atoms with Gasteiger partial charge in [-0.15, -0.1) is 0 Å². The quantitative estimate of drug-likeness (QED) is 0.105. The zero-order valence-corrected chi connectivity index (χ0v) is 51.9. The topological polar surface area (TPSA) is 194 Å². The second-order valence-electron chi connectivity index (χ2n) is 23.2. The number of amides is 2. The Kier molecular flexibility index (Phi) is 18.3. The van der Waals surface area contributed by atoms with E-state index in [1.807, 2.05) is 92.9 Å². The van der Waals surface area contributed by atoms with Gasteiger partial charge < -0.3 is 19.6 Å². The number of piperazine rings is 2. The van der Waals surface area contributed by atoms with E-state index in [-0.39, 0.29) is 104 Å². The van der Waals surface area contributed by atoms with Crippen LogP contribution in [0.1, 0.15) is 129 Å². The summed E-state index contributed by atoms with van der Waals surface area (Å²) in [5.74, 6) is -0.626. The van der Waals surface area contributed by atoms with Crippen LogP contribution in [-0.4, -0.2) is 121 Å². The number of hydrogen-bond acceptors (Lipinski definition) is 14. The lowest BCUT2D eigenvalue weighted by molar-refractivity contribution is -0.129. The third-order valence-electron chi connectivity index (χ3n) is 15.8. The van der Waals surface area contributed by atoms with Crippen molar-refractivity contribution in [2.24, 2.45) is 0 Å². The van der Waals surface area contributed by atoms with E-state index in [1.54, 1.807) is 70.7 Å². The van der Waals surface area contributed by atoms with Gasteiger partial charge in [-0.3, -0.25) is 9.59 Å². The molecule has 0 aliphatic carbocycles. The third-order valence-corrected chi connectivity index (χ3v) is 16.4. The van der Waals surface area contributed by atoms with Crippen LogP contribution in [-0.2, 0) is 9.59 Å². The molecule has 0 bridgehead atoms. The molecule has 2 amide bonds. The van der Waals surface area contributed by atoms with Crippen LogP contribution < -0.4 is 21.2 Å². The molecule has 2 aromatic carbocycles. The van der Waals surface area contributed by atoms with E-state index in [2.05, 4.69) is 43.5 Å². The minimum Gasteiger partial charge on any atom is -0.349 e. The largest absolute Gasteiger partial charge is 0.355 e. The van der Waals surface area contributed by atoms with E-state index < -0.39 is 23.0 Å². The molecule has 10 rings (SSSR count). The van der Waals surface area contributed by atoms with Gasteiger partial charge in [-0.05, 0) is 99.9 Å². The molecule has 0 spiro atoms. The van der Waals surface area contributed by atoms with Gasteiger partial charge in [0, 0.05) is 72.6 Å². The first-order valence-electron chi connectivity index (χ1n) is 28.8. The molecule has 0 unspecified atom stereocenters. The van der Waals surface area contributed by atoms with E-state index in [1.165, 1.54) is 33.4 Å². The van der Waals surface area contributed by atoms with Crippen LogP contribution in [0.2, 0.25) is 10.0 Å². The number of benzene rings is 2. The molecule has 448 valence electrons. The van der Waals surface area contributed by atoms with Crippen LogP contribution in [0.4, 0.5) is 20.4 Å². The maximum absolute atomic E-state index is 15.0. The number of halogens is 4. The van der Waals surface area contributed by atoms with E-state index in [9.17, 15) is 19.2 Å². The zero-order chi connectivity index (χ0) is 62.3.